The second-order valence-corrected chi connectivity index (χ2v) is 6.59. The van der Waals surface area contributed by atoms with Gasteiger partial charge in [-0.1, -0.05) is 23.9 Å². The molecular weight excluding hydrogens is 322 g/mol. The molecule has 2 heterocycles. The van der Waals surface area contributed by atoms with Gasteiger partial charge in [-0.2, -0.15) is 0 Å². The molecule has 0 bridgehead atoms. The van der Waals surface area contributed by atoms with Gasteiger partial charge in [-0.25, -0.2) is 4.98 Å². The summed E-state index contributed by atoms with van der Waals surface area (Å²) >= 11 is 1.57. The third-order valence-electron chi connectivity index (χ3n) is 3.65. The van der Waals surface area contributed by atoms with Crippen molar-refractivity contribution < 1.29 is 9.21 Å². The molecule has 1 aromatic carbocycles. The number of thioether (sulfide) groups is 1. The number of imidazole rings is 1. The van der Waals surface area contributed by atoms with E-state index in [2.05, 4.69) is 10.3 Å². The van der Waals surface area contributed by atoms with E-state index in [1.54, 1.807) is 24.0 Å². The van der Waals surface area contributed by atoms with Gasteiger partial charge in [-0.3, -0.25) is 4.79 Å². The van der Waals surface area contributed by atoms with Crippen molar-refractivity contribution in [3.8, 4) is 0 Å². The second-order valence-electron chi connectivity index (χ2n) is 5.65. The SMILES string of the molecule is Cc1ccc(C)c(NC(=O)c2ccc(CSc3nccn3C)o2)c1. The van der Waals surface area contributed by atoms with E-state index < -0.39 is 0 Å². The summed E-state index contributed by atoms with van der Waals surface area (Å²) in [5.74, 6) is 1.44. The number of hydrogen-bond acceptors (Lipinski definition) is 4. The number of nitrogens with one attached hydrogen (secondary N) is 1. The van der Waals surface area contributed by atoms with Gasteiger partial charge < -0.3 is 14.3 Å². The minimum absolute atomic E-state index is 0.239. The number of rotatable bonds is 5. The predicted molar refractivity (Wildman–Crippen MR) is 95.3 cm³/mol. The third-order valence-corrected chi connectivity index (χ3v) is 4.73. The van der Waals surface area contributed by atoms with Crippen LogP contribution in [0.3, 0.4) is 0 Å². The predicted octanol–water partition coefficient (Wildman–Crippen LogP) is 4.17. The Labute approximate surface area is 145 Å². The van der Waals surface area contributed by atoms with Crippen LogP contribution in [0.1, 0.15) is 27.4 Å². The molecule has 6 heteroatoms. The van der Waals surface area contributed by atoms with Gasteiger partial charge in [0.2, 0.25) is 0 Å². The molecule has 1 N–H and O–H groups in total. The molecule has 0 saturated carbocycles. The number of benzene rings is 1. The minimum atomic E-state index is -0.239. The fourth-order valence-electron chi connectivity index (χ4n) is 2.26. The van der Waals surface area contributed by atoms with Gasteiger partial charge in [0, 0.05) is 25.1 Å². The Morgan fingerprint density at radius 3 is 2.88 bits per heavy atom. The van der Waals surface area contributed by atoms with E-state index in [0.29, 0.717) is 11.5 Å². The van der Waals surface area contributed by atoms with Crippen LogP contribution in [0.2, 0.25) is 0 Å². The molecule has 0 saturated heterocycles. The number of carbonyl (C=O) groups excluding carboxylic acids is 1. The van der Waals surface area contributed by atoms with Crippen molar-refractivity contribution in [3.05, 3.63) is 65.4 Å². The van der Waals surface area contributed by atoms with Crippen molar-refractivity contribution in [2.45, 2.75) is 24.8 Å². The minimum Gasteiger partial charge on any atom is -0.455 e. The van der Waals surface area contributed by atoms with Crippen LogP contribution in [0.5, 0.6) is 0 Å². The molecule has 0 atom stereocenters. The molecule has 5 nitrogen and oxygen atoms in total. The van der Waals surface area contributed by atoms with Gasteiger partial charge in [0.05, 0.1) is 5.75 Å². The first-order valence-electron chi connectivity index (χ1n) is 7.60. The first kappa shape index (κ1) is 16.4. The summed E-state index contributed by atoms with van der Waals surface area (Å²) in [5.41, 5.74) is 2.92. The quantitative estimate of drug-likeness (QED) is 0.708. The van der Waals surface area contributed by atoms with E-state index in [-0.39, 0.29) is 5.91 Å². The lowest BCUT2D eigenvalue weighted by Gasteiger charge is -2.08. The van der Waals surface area contributed by atoms with Gasteiger partial charge in [0.15, 0.2) is 10.9 Å². The van der Waals surface area contributed by atoms with E-state index in [1.165, 1.54) is 0 Å². The van der Waals surface area contributed by atoms with Gasteiger partial charge in [-0.15, -0.1) is 0 Å². The van der Waals surface area contributed by atoms with Crippen LogP contribution in [0, 0.1) is 13.8 Å². The van der Waals surface area contributed by atoms with E-state index in [0.717, 1.165) is 27.7 Å². The summed E-state index contributed by atoms with van der Waals surface area (Å²) in [6.07, 6.45) is 3.65. The Balaban J connectivity index is 1.65. The number of amides is 1. The molecule has 124 valence electrons. The fraction of sp³-hybridized carbons (Fsp3) is 0.222. The van der Waals surface area contributed by atoms with Crippen LogP contribution in [0.25, 0.3) is 0 Å². The molecule has 3 rings (SSSR count). The largest absolute Gasteiger partial charge is 0.455 e. The summed E-state index contributed by atoms with van der Waals surface area (Å²) in [6, 6.07) is 9.49. The van der Waals surface area contributed by atoms with Crippen LogP contribution in [-0.4, -0.2) is 15.5 Å². The summed E-state index contributed by atoms with van der Waals surface area (Å²) in [5, 5.41) is 3.81. The first-order chi connectivity index (χ1) is 11.5. The summed E-state index contributed by atoms with van der Waals surface area (Å²) in [7, 11) is 1.94. The molecule has 1 amide bonds. The number of aromatic nitrogens is 2. The highest BCUT2D eigenvalue weighted by molar-refractivity contribution is 7.98. The Morgan fingerprint density at radius 1 is 1.29 bits per heavy atom. The maximum absolute atomic E-state index is 12.3. The van der Waals surface area contributed by atoms with Crippen LogP contribution in [-0.2, 0) is 12.8 Å². The average molecular weight is 341 g/mol. The van der Waals surface area contributed by atoms with Crippen LogP contribution >= 0.6 is 11.8 Å². The van der Waals surface area contributed by atoms with Crippen molar-refractivity contribution in [1.29, 1.82) is 0 Å². The van der Waals surface area contributed by atoms with Crippen LogP contribution in [0.15, 0.2) is 52.3 Å². The van der Waals surface area contributed by atoms with Crippen LogP contribution < -0.4 is 5.32 Å². The van der Waals surface area contributed by atoms with Crippen molar-refractivity contribution in [2.24, 2.45) is 7.05 Å². The zero-order valence-corrected chi connectivity index (χ0v) is 14.7. The first-order valence-corrected chi connectivity index (χ1v) is 8.59. The molecule has 24 heavy (non-hydrogen) atoms. The highest BCUT2D eigenvalue weighted by Crippen LogP contribution is 2.23. The number of aryl methyl sites for hydroxylation is 3. The molecule has 0 unspecified atom stereocenters. The van der Waals surface area contributed by atoms with E-state index in [9.17, 15) is 4.79 Å². The number of anilines is 1. The Morgan fingerprint density at radius 2 is 2.12 bits per heavy atom. The maximum atomic E-state index is 12.3. The maximum Gasteiger partial charge on any atom is 0.291 e. The Bertz CT molecular complexity index is 867. The molecule has 0 aliphatic heterocycles. The normalized spacial score (nSPS) is 10.8. The summed E-state index contributed by atoms with van der Waals surface area (Å²) in [4.78, 5) is 16.6. The summed E-state index contributed by atoms with van der Waals surface area (Å²) in [6.45, 7) is 3.96. The van der Waals surface area contributed by atoms with Gasteiger partial charge in [0.1, 0.15) is 5.76 Å². The summed E-state index contributed by atoms with van der Waals surface area (Å²) < 4.78 is 7.60. The fourth-order valence-corrected chi connectivity index (χ4v) is 3.09. The Hall–Kier alpha value is -2.47. The lowest BCUT2D eigenvalue weighted by molar-refractivity contribution is 0.0995. The van der Waals surface area contributed by atoms with Gasteiger partial charge in [-0.05, 0) is 43.2 Å². The highest BCUT2D eigenvalue weighted by atomic mass is 32.2. The smallest absolute Gasteiger partial charge is 0.291 e. The zero-order chi connectivity index (χ0) is 17.1. The van der Waals surface area contributed by atoms with E-state index >= 15 is 0 Å². The molecule has 2 aromatic heterocycles. The molecule has 0 aliphatic rings. The van der Waals surface area contributed by atoms with Crippen molar-refractivity contribution >= 4 is 23.4 Å². The number of carbonyl (C=O) groups is 1. The second kappa shape index (κ2) is 6.97. The molecule has 0 aliphatic carbocycles. The molecule has 0 radical (unpaired) electrons. The number of furan rings is 1. The highest BCUT2D eigenvalue weighted by Gasteiger charge is 2.13. The van der Waals surface area contributed by atoms with Crippen molar-refractivity contribution in [2.75, 3.05) is 5.32 Å². The average Bonchev–Trinajstić information content (AvgIpc) is 3.18. The molecule has 0 fully saturated rings. The van der Waals surface area contributed by atoms with Crippen molar-refractivity contribution in [3.63, 3.8) is 0 Å². The number of nitrogens with zero attached hydrogens (tertiary/aromatic N) is 2. The zero-order valence-electron chi connectivity index (χ0n) is 13.9. The molecule has 0 spiro atoms. The standard InChI is InChI=1S/C18H19N3O2S/c1-12-4-5-13(2)15(10-12)20-17(22)16-7-6-14(23-16)11-24-18-19-8-9-21(18)3/h4-10H,11H2,1-3H3,(H,20,22). The van der Waals surface area contributed by atoms with E-state index in [4.69, 9.17) is 4.42 Å². The molecular formula is C18H19N3O2S. The number of hydrogen-bond donors (Lipinski definition) is 1. The van der Waals surface area contributed by atoms with Gasteiger partial charge in [0.25, 0.3) is 5.91 Å². The topological polar surface area (TPSA) is 60.1 Å². The monoisotopic (exact) mass is 341 g/mol. The third kappa shape index (κ3) is 3.71. The van der Waals surface area contributed by atoms with Crippen molar-refractivity contribution in [1.82, 2.24) is 9.55 Å². The lowest BCUT2D eigenvalue weighted by atomic mass is 10.1. The van der Waals surface area contributed by atoms with Crippen LogP contribution in [0.4, 0.5) is 5.69 Å². The van der Waals surface area contributed by atoms with Gasteiger partial charge >= 0.3 is 0 Å². The molecule has 3 aromatic rings. The lowest BCUT2D eigenvalue weighted by Crippen LogP contribution is -2.12. The Kier molecular flexibility index (Phi) is 4.76. The van der Waals surface area contributed by atoms with E-state index in [1.807, 2.05) is 55.9 Å².